The summed E-state index contributed by atoms with van der Waals surface area (Å²) in [4.78, 5) is 21.9. The van der Waals surface area contributed by atoms with Gasteiger partial charge in [-0.2, -0.15) is 0 Å². The number of hydrogen-bond donors (Lipinski definition) is 2. The molecule has 0 aliphatic rings. The summed E-state index contributed by atoms with van der Waals surface area (Å²) in [7, 11) is 0. The van der Waals surface area contributed by atoms with Crippen molar-refractivity contribution in [1.29, 1.82) is 0 Å². The largest absolute Gasteiger partial charge is 0.485 e. The Morgan fingerprint density at radius 3 is 2.48 bits per heavy atom. The van der Waals surface area contributed by atoms with Gasteiger partial charge in [-0.25, -0.2) is 4.79 Å². The molecule has 2 aromatic carbocycles. The van der Waals surface area contributed by atoms with E-state index in [2.05, 4.69) is 10.6 Å². The molecule has 0 saturated carbocycles. The third-order valence-corrected chi connectivity index (χ3v) is 2.86. The van der Waals surface area contributed by atoms with Crippen LogP contribution in [-0.2, 0) is 4.79 Å². The van der Waals surface area contributed by atoms with E-state index in [0.29, 0.717) is 22.1 Å². The molecule has 0 fully saturated rings. The molecule has 2 rings (SSSR count). The molecule has 0 aromatic heterocycles. The number of halogens is 1. The monoisotopic (exact) mass is 303 g/mol. The lowest BCUT2D eigenvalue weighted by atomic mass is 10.3. The highest BCUT2D eigenvalue weighted by Gasteiger charge is 2.05. The van der Waals surface area contributed by atoms with Crippen LogP contribution in [0, 0.1) is 0 Å². The van der Waals surface area contributed by atoms with Crippen molar-refractivity contribution in [2.75, 3.05) is 17.2 Å². The highest BCUT2D eigenvalue weighted by Crippen LogP contribution is 2.21. The Morgan fingerprint density at radius 2 is 1.81 bits per heavy atom. The Kier molecular flexibility index (Phi) is 5.17. The zero-order chi connectivity index (χ0) is 15.1. The fraction of sp³-hybridized carbons (Fsp3) is 0.0667. The fourth-order valence-electron chi connectivity index (χ4n) is 1.59. The van der Waals surface area contributed by atoms with Crippen LogP contribution in [-0.4, -0.2) is 18.9 Å². The van der Waals surface area contributed by atoms with E-state index in [0.717, 1.165) is 0 Å². The van der Waals surface area contributed by atoms with Crippen molar-refractivity contribution in [2.45, 2.75) is 0 Å². The van der Waals surface area contributed by atoms with Crippen molar-refractivity contribution in [3.8, 4) is 5.75 Å². The van der Waals surface area contributed by atoms with E-state index in [9.17, 15) is 9.59 Å². The third kappa shape index (κ3) is 4.50. The Bertz CT molecular complexity index is 629. The van der Waals surface area contributed by atoms with Crippen LogP contribution in [0.15, 0.2) is 48.5 Å². The number of ether oxygens (including phenoxy) is 1. The molecule has 0 aliphatic heterocycles. The molecule has 1 radical (unpaired) electrons. The van der Waals surface area contributed by atoms with E-state index in [4.69, 9.17) is 16.3 Å². The molecule has 107 valence electrons. The second-order valence-corrected chi connectivity index (χ2v) is 4.42. The molecule has 0 aliphatic carbocycles. The number of nitrogens with one attached hydrogen (secondary N) is 2. The lowest BCUT2D eigenvalue weighted by Crippen LogP contribution is -2.19. The number of anilines is 2. The maximum absolute atomic E-state index is 11.8. The highest BCUT2D eigenvalue weighted by atomic mass is 35.5. The van der Waals surface area contributed by atoms with Gasteiger partial charge in [0.1, 0.15) is 5.75 Å². The molecule has 0 heterocycles. The van der Waals surface area contributed by atoms with Gasteiger partial charge in [0.25, 0.3) is 0 Å². The lowest BCUT2D eigenvalue weighted by molar-refractivity contribution is 0.262. The minimum atomic E-state index is -0.405. The number of urea groups is 1. The van der Waals surface area contributed by atoms with Crippen LogP contribution in [0.2, 0.25) is 5.02 Å². The SMILES string of the molecule is O=[C]COc1ccc(NC(=O)Nc2ccccc2Cl)cc1. The highest BCUT2D eigenvalue weighted by molar-refractivity contribution is 6.33. The first-order chi connectivity index (χ1) is 10.2. The standard InChI is InChI=1S/C15H12ClN2O3/c16-13-3-1-2-4-14(13)18-15(20)17-11-5-7-12(8-6-11)21-10-9-19/h1-8H,10H2,(H2,17,18,20). The van der Waals surface area contributed by atoms with E-state index < -0.39 is 6.03 Å². The lowest BCUT2D eigenvalue weighted by Gasteiger charge is -2.09. The first-order valence-electron chi connectivity index (χ1n) is 6.09. The van der Waals surface area contributed by atoms with E-state index in [1.807, 2.05) is 0 Å². The van der Waals surface area contributed by atoms with Gasteiger partial charge in [-0.15, -0.1) is 0 Å². The Morgan fingerprint density at radius 1 is 1.10 bits per heavy atom. The number of rotatable bonds is 5. The molecule has 6 heteroatoms. The van der Waals surface area contributed by atoms with E-state index >= 15 is 0 Å². The molecule has 0 spiro atoms. The van der Waals surface area contributed by atoms with E-state index in [-0.39, 0.29) is 6.61 Å². The van der Waals surface area contributed by atoms with Gasteiger partial charge < -0.3 is 15.4 Å². The van der Waals surface area contributed by atoms with Crippen LogP contribution in [0.1, 0.15) is 0 Å². The summed E-state index contributed by atoms with van der Waals surface area (Å²) in [5.41, 5.74) is 1.11. The van der Waals surface area contributed by atoms with Crippen LogP contribution in [0.5, 0.6) is 5.75 Å². The summed E-state index contributed by atoms with van der Waals surface area (Å²) in [5.74, 6) is 0.524. The molecule has 2 N–H and O–H groups in total. The number of hydrogen-bond acceptors (Lipinski definition) is 3. The minimum absolute atomic E-state index is 0.125. The number of carbonyl (C=O) groups excluding carboxylic acids is 2. The molecule has 5 nitrogen and oxygen atoms in total. The van der Waals surface area contributed by atoms with Crippen molar-refractivity contribution >= 4 is 35.3 Å². The summed E-state index contributed by atoms with van der Waals surface area (Å²) in [6, 6.07) is 13.1. The van der Waals surface area contributed by atoms with Crippen LogP contribution in [0.25, 0.3) is 0 Å². The van der Waals surface area contributed by atoms with Crippen LogP contribution >= 0.6 is 11.6 Å². The Hall–Kier alpha value is -2.53. The Labute approximate surface area is 126 Å². The van der Waals surface area contributed by atoms with E-state index in [1.54, 1.807) is 54.8 Å². The average Bonchev–Trinajstić information content (AvgIpc) is 2.49. The predicted octanol–water partition coefficient (Wildman–Crippen LogP) is 3.47. The van der Waals surface area contributed by atoms with Crippen molar-refractivity contribution in [1.82, 2.24) is 0 Å². The van der Waals surface area contributed by atoms with Gasteiger partial charge in [-0.1, -0.05) is 23.7 Å². The quantitative estimate of drug-likeness (QED) is 0.888. The fourth-order valence-corrected chi connectivity index (χ4v) is 1.78. The van der Waals surface area contributed by atoms with Gasteiger partial charge in [0.2, 0.25) is 6.29 Å². The molecular weight excluding hydrogens is 292 g/mol. The summed E-state index contributed by atoms with van der Waals surface area (Å²) < 4.78 is 5.06. The summed E-state index contributed by atoms with van der Waals surface area (Å²) in [5, 5.41) is 5.76. The second-order valence-electron chi connectivity index (χ2n) is 4.02. The summed E-state index contributed by atoms with van der Waals surface area (Å²) in [6.07, 6.45) is 1.63. The van der Waals surface area contributed by atoms with Crippen molar-refractivity contribution in [3.05, 3.63) is 53.6 Å². The number of carbonyl (C=O) groups is 1. The molecule has 21 heavy (non-hydrogen) atoms. The maximum Gasteiger partial charge on any atom is 0.323 e. The zero-order valence-corrected chi connectivity index (χ0v) is 11.7. The maximum atomic E-state index is 11.8. The average molecular weight is 304 g/mol. The molecule has 2 amide bonds. The number of para-hydroxylation sites is 1. The predicted molar refractivity (Wildman–Crippen MR) is 81.7 cm³/mol. The normalized spacial score (nSPS) is 9.76. The first-order valence-corrected chi connectivity index (χ1v) is 6.47. The molecule has 0 saturated heterocycles. The van der Waals surface area contributed by atoms with Gasteiger partial charge in [-0.3, -0.25) is 4.79 Å². The van der Waals surface area contributed by atoms with E-state index in [1.165, 1.54) is 0 Å². The number of amides is 2. The van der Waals surface area contributed by atoms with Gasteiger partial charge in [0.15, 0.2) is 6.61 Å². The van der Waals surface area contributed by atoms with Gasteiger partial charge in [-0.05, 0) is 36.4 Å². The molecule has 0 atom stereocenters. The first kappa shape index (κ1) is 14.9. The van der Waals surface area contributed by atoms with Gasteiger partial charge in [0.05, 0.1) is 10.7 Å². The molecule has 0 bridgehead atoms. The number of benzene rings is 2. The molecule has 2 aromatic rings. The topological polar surface area (TPSA) is 67.4 Å². The van der Waals surface area contributed by atoms with Gasteiger partial charge >= 0.3 is 6.03 Å². The van der Waals surface area contributed by atoms with Crippen molar-refractivity contribution in [3.63, 3.8) is 0 Å². The van der Waals surface area contributed by atoms with Crippen molar-refractivity contribution in [2.24, 2.45) is 0 Å². The van der Waals surface area contributed by atoms with Crippen LogP contribution < -0.4 is 15.4 Å². The Balaban J connectivity index is 1.93. The smallest absolute Gasteiger partial charge is 0.323 e. The summed E-state index contributed by atoms with van der Waals surface area (Å²) in [6.45, 7) is -0.125. The second kappa shape index (κ2) is 7.31. The van der Waals surface area contributed by atoms with Crippen molar-refractivity contribution < 1.29 is 14.3 Å². The molecular formula is C15H12ClN2O3. The third-order valence-electron chi connectivity index (χ3n) is 2.53. The summed E-state index contributed by atoms with van der Waals surface area (Å²) >= 11 is 5.95. The van der Waals surface area contributed by atoms with Crippen LogP contribution in [0.3, 0.4) is 0 Å². The van der Waals surface area contributed by atoms with Gasteiger partial charge in [0, 0.05) is 5.69 Å². The zero-order valence-electron chi connectivity index (χ0n) is 10.9. The minimum Gasteiger partial charge on any atom is -0.485 e. The van der Waals surface area contributed by atoms with Crippen LogP contribution in [0.4, 0.5) is 16.2 Å². The molecule has 0 unspecified atom stereocenters.